The molecule has 9 heteroatoms. The Labute approximate surface area is 302 Å². The number of anilines is 4. The minimum atomic E-state index is -0.387. The van der Waals surface area contributed by atoms with E-state index in [-0.39, 0.29) is 17.0 Å². The minimum Gasteiger partial charge on any atom is -0.368 e. The third-order valence-corrected chi connectivity index (χ3v) is 11.7. The van der Waals surface area contributed by atoms with Crippen LogP contribution in [0.25, 0.3) is 6.08 Å². The smallest absolute Gasteiger partial charge is 0.163 e. The lowest BCUT2D eigenvalue weighted by molar-refractivity contribution is 0.0961. The maximum absolute atomic E-state index is 12.8. The van der Waals surface area contributed by atoms with E-state index in [1.54, 1.807) is 19.3 Å². The van der Waals surface area contributed by atoms with Crippen molar-refractivity contribution < 1.29 is 9.59 Å². The molecule has 0 radical (unpaired) electrons. The number of Topliss-reactive ketones (excluding diaryl/α,β-unsaturated/α-hetero) is 2. The topological polar surface area (TPSA) is 105 Å². The summed E-state index contributed by atoms with van der Waals surface area (Å²) < 4.78 is 0. The Bertz CT molecular complexity index is 1870. The fraction of sp³-hybridized carbons (Fsp3) is 0.500. The molecule has 0 bridgehead atoms. The van der Waals surface area contributed by atoms with Gasteiger partial charge < -0.3 is 15.1 Å². The molecule has 1 spiro atoms. The van der Waals surface area contributed by atoms with E-state index in [0.29, 0.717) is 28.9 Å². The van der Waals surface area contributed by atoms with Crippen molar-refractivity contribution in [1.82, 2.24) is 14.9 Å². The van der Waals surface area contributed by atoms with Gasteiger partial charge in [-0.1, -0.05) is 49.8 Å². The van der Waals surface area contributed by atoms with Crippen LogP contribution in [0, 0.1) is 22.7 Å². The van der Waals surface area contributed by atoms with Crippen LogP contribution in [-0.2, 0) is 5.41 Å². The van der Waals surface area contributed by atoms with E-state index in [4.69, 9.17) is 0 Å². The summed E-state index contributed by atoms with van der Waals surface area (Å²) in [6.07, 6.45) is 10.5. The van der Waals surface area contributed by atoms with Crippen molar-refractivity contribution in [3.8, 4) is 6.07 Å². The first kappa shape index (κ1) is 34.9. The van der Waals surface area contributed by atoms with Gasteiger partial charge in [-0.15, -0.1) is 0 Å². The molecule has 2 aliphatic heterocycles. The third kappa shape index (κ3) is 7.16. The molecule has 266 valence electrons. The first-order valence-electron chi connectivity index (χ1n) is 18.9. The second-order valence-electron chi connectivity index (χ2n) is 15.6. The second kappa shape index (κ2) is 14.2. The molecule has 0 atom stereocenters. The van der Waals surface area contributed by atoms with Gasteiger partial charge >= 0.3 is 0 Å². The number of rotatable bonds is 13. The van der Waals surface area contributed by atoms with E-state index in [2.05, 4.69) is 74.2 Å². The molecule has 2 saturated carbocycles. The number of carbonyl (C=O) groups is 2. The summed E-state index contributed by atoms with van der Waals surface area (Å²) in [5, 5.41) is 13.8. The van der Waals surface area contributed by atoms with Gasteiger partial charge in [-0.05, 0) is 81.0 Å². The van der Waals surface area contributed by atoms with E-state index >= 15 is 0 Å². The first-order chi connectivity index (χ1) is 24.6. The summed E-state index contributed by atoms with van der Waals surface area (Å²) in [6.45, 7) is 14.3. The predicted molar refractivity (Wildman–Crippen MR) is 204 cm³/mol. The second-order valence-corrected chi connectivity index (χ2v) is 15.6. The minimum absolute atomic E-state index is 0.0464. The van der Waals surface area contributed by atoms with Gasteiger partial charge in [0.1, 0.15) is 18.0 Å². The number of benzene rings is 2. The highest BCUT2D eigenvalue weighted by atomic mass is 16.1. The van der Waals surface area contributed by atoms with Crippen LogP contribution in [0.15, 0.2) is 54.4 Å². The maximum atomic E-state index is 12.8. The zero-order valence-corrected chi connectivity index (χ0v) is 30.7. The van der Waals surface area contributed by atoms with E-state index < -0.39 is 0 Å². The quantitative estimate of drug-likeness (QED) is 0.180. The summed E-state index contributed by atoms with van der Waals surface area (Å²) in [6, 6.07) is 16.9. The van der Waals surface area contributed by atoms with E-state index in [0.717, 1.165) is 106 Å². The molecule has 2 aromatic carbocycles. The highest BCUT2D eigenvalue weighted by Crippen LogP contribution is 2.68. The normalized spacial score (nSPS) is 19.6. The van der Waals surface area contributed by atoms with E-state index in [1.807, 2.05) is 25.1 Å². The summed E-state index contributed by atoms with van der Waals surface area (Å²) in [5.41, 5.74) is 6.55. The van der Waals surface area contributed by atoms with Crippen molar-refractivity contribution in [2.45, 2.75) is 78.1 Å². The standard InChI is InChI=1S/C42H51N7O2/c1-5-8-37(51)34-9-7-10-36(40(34)30(4)50)48-17-15-47(16-18-48)22-31-23-49(24-31)39-21-38(44-28-45-39)46-35-20-33(12-11-32(35)19-29(3)6-2)42(27-43)25-41(26-42)13-14-41/h7,9-12,19-21,28,31H,5-6,8,13-18,22-26H2,1-4H3,(H,44,45,46)/b29-19+. The fourth-order valence-electron chi connectivity index (χ4n) is 8.47. The number of hydrogen-bond donors (Lipinski definition) is 1. The average molecular weight is 686 g/mol. The summed E-state index contributed by atoms with van der Waals surface area (Å²) in [7, 11) is 0. The Kier molecular flexibility index (Phi) is 9.73. The molecule has 1 aromatic heterocycles. The molecule has 4 fully saturated rings. The SMILES string of the molecule is CCCC(=O)c1cccc(N2CCN(CC3CN(c4cc(Nc5cc(C6(C#N)CC7(CC7)C6)ccc5/C=C(\C)CC)ncn4)C3)CC2)c1C(C)=O. The monoisotopic (exact) mass is 685 g/mol. The molecule has 7 rings (SSSR count). The van der Waals surface area contributed by atoms with Crippen LogP contribution in [0.3, 0.4) is 0 Å². The average Bonchev–Trinajstić information content (AvgIpc) is 3.90. The number of nitrogens with one attached hydrogen (secondary N) is 1. The van der Waals surface area contributed by atoms with Crippen LogP contribution in [0.2, 0.25) is 0 Å². The van der Waals surface area contributed by atoms with Gasteiger partial charge in [-0.2, -0.15) is 5.26 Å². The predicted octanol–water partition coefficient (Wildman–Crippen LogP) is 7.81. The number of aromatic nitrogens is 2. The highest BCUT2D eigenvalue weighted by Gasteiger charge is 2.62. The molecular weight excluding hydrogens is 635 g/mol. The molecule has 2 saturated heterocycles. The lowest BCUT2D eigenvalue weighted by atomic mass is 9.57. The molecule has 0 amide bonds. The molecular formula is C42H51N7O2. The lowest BCUT2D eigenvalue weighted by Gasteiger charge is -2.44. The van der Waals surface area contributed by atoms with Crippen LogP contribution in [0.4, 0.5) is 23.0 Å². The molecule has 9 nitrogen and oxygen atoms in total. The van der Waals surface area contributed by atoms with Crippen LogP contribution < -0.4 is 15.1 Å². The molecule has 3 heterocycles. The summed E-state index contributed by atoms with van der Waals surface area (Å²) >= 11 is 0. The molecule has 4 aliphatic rings. The zero-order valence-electron chi connectivity index (χ0n) is 30.7. The lowest BCUT2D eigenvalue weighted by Crippen LogP contribution is -2.55. The van der Waals surface area contributed by atoms with Crippen molar-refractivity contribution in [2.75, 3.05) is 60.9 Å². The van der Waals surface area contributed by atoms with E-state index in [1.165, 1.54) is 18.4 Å². The Hall–Kier alpha value is -4.55. The number of hydrogen-bond acceptors (Lipinski definition) is 9. The van der Waals surface area contributed by atoms with Gasteiger partial charge in [0, 0.05) is 81.2 Å². The van der Waals surface area contributed by atoms with Gasteiger partial charge in [0.05, 0.1) is 17.0 Å². The van der Waals surface area contributed by atoms with Crippen LogP contribution in [0.5, 0.6) is 0 Å². The summed E-state index contributed by atoms with van der Waals surface area (Å²) in [5.74, 6) is 2.23. The van der Waals surface area contributed by atoms with Gasteiger partial charge in [0.15, 0.2) is 11.6 Å². The number of carbonyl (C=O) groups excluding carboxylic acids is 2. The number of piperazine rings is 1. The number of ketones is 2. The van der Waals surface area contributed by atoms with Crippen molar-refractivity contribution in [3.63, 3.8) is 0 Å². The Morgan fingerprint density at radius 3 is 2.43 bits per heavy atom. The molecule has 1 N–H and O–H groups in total. The van der Waals surface area contributed by atoms with Crippen molar-refractivity contribution >= 4 is 40.7 Å². The van der Waals surface area contributed by atoms with Crippen LogP contribution in [-0.4, -0.2) is 72.2 Å². The first-order valence-corrected chi connectivity index (χ1v) is 18.9. The van der Waals surface area contributed by atoms with Crippen LogP contribution >= 0.6 is 0 Å². The molecule has 3 aromatic rings. The van der Waals surface area contributed by atoms with Gasteiger partial charge in [-0.3, -0.25) is 14.5 Å². The number of nitrogens with zero attached hydrogens (tertiary/aromatic N) is 6. The molecule has 2 aliphatic carbocycles. The van der Waals surface area contributed by atoms with Crippen molar-refractivity contribution in [1.29, 1.82) is 5.26 Å². The Balaban J connectivity index is 0.968. The summed E-state index contributed by atoms with van der Waals surface area (Å²) in [4.78, 5) is 41.8. The van der Waals surface area contributed by atoms with Gasteiger partial charge in [0.2, 0.25) is 0 Å². The zero-order chi connectivity index (χ0) is 35.8. The molecule has 51 heavy (non-hydrogen) atoms. The van der Waals surface area contributed by atoms with Gasteiger partial charge in [0.25, 0.3) is 0 Å². The van der Waals surface area contributed by atoms with Gasteiger partial charge in [-0.25, -0.2) is 9.97 Å². The Morgan fingerprint density at radius 2 is 1.76 bits per heavy atom. The largest absolute Gasteiger partial charge is 0.368 e. The third-order valence-electron chi connectivity index (χ3n) is 11.7. The van der Waals surface area contributed by atoms with Crippen LogP contribution in [0.1, 0.15) is 104 Å². The maximum Gasteiger partial charge on any atom is 0.163 e. The van der Waals surface area contributed by atoms with E-state index in [9.17, 15) is 14.9 Å². The number of nitriles is 1. The number of allylic oxidation sites excluding steroid dienone is 1. The molecule has 0 unspecified atom stereocenters. The van der Waals surface area contributed by atoms with Crippen molar-refractivity contribution in [2.24, 2.45) is 11.3 Å². The Morgan fingerprint density at radius 1 is 1.00 bits per heavy atom. The highest BCUT2D eigenvalue weighted by molar-refractivity contribution is 6.11. The van der Waals surface area contributed by atoms with Crippen molar-refractivity contribution in [3.05, 3.63) is 76.6 Å². The fourth-order valence-corrected chi connectivity index (χ4v) is 8.47.